The highest BCUT2D eigenvalue weighted by Gasteiger charge is 2.15. The predicted octanol–water partition coefficient (Wildman–Crippen LogP) is 7.68. The molecule has 1 aliphatic carbocycles. The van der Waals surface area contributed by atoms with E-state index in [1.807, 2.05) is 0 Å². The Labute approximate surface area is 175 Å². The molecule has 2 atom stereocenters. The molecule has 0 spiro atoms. The zero-order valence-corrected chi connectivity index (χ0v) is 17.4. The van der Waals surface area contributed by atoms with Crippen LogP contribution in [0.1, 0.15) is 41.0 Å². The quantitative estimate of drug-likeness (QED) is 0.386. The van der Waals surface area contributed by atoms with Gasteiger partial charge in [-0.25, -0.2) is 0 Å². The van der Waals surface area contributed by atoms with Crippen LogP contribution < -0.4 is 0 Å². The summed E-state index contributed by atoms with van der Waals surface area (Å²) in [5.41, 5.74) is 8.13. The van der Waals surface area contributed by atoms with Crippen LogP contribution in [-0.4, -0.2) is 0 Å². The van der Waals surface area contributed by atoms with E-state index in [1.165, 1.54) is 46.2 Å². The Morgan fingerprint density at radius 3 is 1.79 bits per heavy atom. The first-order valence-corrected chi connectivity index (χ1v) is 10.8. The first-order valence-electron chi connectivity index (χ1n) is 10.8. The van der Waals surface area contributed by atoms with Gasteiger partial charge in [-0.3, -0.25) is 0 Å². The molecule has 4 rings (SSSR count). The Morgan fingerprint density at radius 2 is 1.28 bits per heavy atom. The van der Waals surface area contributed by atoms with Gasteiger partial charge in [0.2, 0.25) is 0 Å². The van der Waals surface area contributed by atoms with Gasteiger partial charge in [0.25, 0.3) is 0 Å². The number of rotatable bonds is 6. The Morgan fingerprint density at radius 1 is 0.724 bits per heavy atom. The van der Waals surface area contributed by atoms with Gasteiger partial charge < -0.3 is 0 Å². The molecule has 29 heavy (non-hydrogen) atoms. The topological polar surface area (TPSA) is 0 Å². The molecule has 3 aromatic rings. The van der Waals surface area contributed by atoms with Crippen LogP contribution in [0.2, 0.25) is 0 Å². The normalized spacial score (nSPS) is 18.5. The first kappa shape index (κ1) is 19.5. The summed E-state index contributed by atoms with van der Waals surface area (Å²) in [5.74, 6) is 1.12. The largest absolute Gasteiger partial charge is 0.102 e. The van der Waals surface area contributed by atoms with Gasteiger partial charge in [-0.1, -0.05) is 96.6 Å². The Bertz CT molecular complexity index is 956. The molecule has 3 aromatic carbocycles. The monoisotopic (exact) mass is 378 g/mol. The molecule has 0 nitrogen and oxygen atoms in total. The molecule has 0 saturated carbocycles. The van der Waals surface area contributed by atoms with E-state index in [0.717, 1.165) is 12.8 Å². The van der Waals surface area contributed by atoms with Crippen molar-refractivity contribution in [2.45, 2.75) is 38.5 Å². The Kier molecular flexibility index (Phi) is 6.10. The summed E-state index contributed by atoms with van der Waals surface area (Å²) < 4.78 is 0. The van der Waals surface area contributed by atoms with Crippen molar-refractivity contribution >= 4 is 0 Å². The lowest BCUT2D eigenvalue weighted by molar-refractivity contribution is 0.582. The molecular weight excluding hydrogens is 348 g/mol. The summed E-state index contributed by atoms with van der Waals surface area (Å²) >= 11 is 0. The van der Waals surface area contributed by atoms with Gasteiger partial charge >= 0.3 is 0 Å². The maximum atomic E-state index is 3.91. The molecule has 0 bridgehead atoms. The third-order valence-electron chi connectivity index (χ3n) is 6.15. The van der Waals surface area contributed by atoms with E-state index in [9.17, 15) is 0 Å². The highest BCUT2D eigenvalue weighted by molar-refractivity contribution is 5.63. The maximum Gasteiger partial charge on any atom is 0.00185 e. The molecule has 0 heteroatoms. The molecular formula is C29H30. The number of benzene rings is 3. The highest BCUT2D eigenvalue weighted by atomic mass is 14.2. The average Bonchev–Trinajstić information content (AvgIpc) is 2.79. The molecule has 0 fully saturated rings. The van der Waals surface area contributed by atoms with Gasteiger partial charge in [-0.2, -0.15) is 0 Å². The molecule has 1 aliphatic rings. The van der Waals surface area contributed by atoms with Crippen LogP contribution in [0.15, 0.2) is 97.6 Å². The van der Waals surface area contributed by atoms with Crippen molar-refractivity contribution in [3.8, 4) is 11.1 Å². The van der Waals surface area contributed by atoms with Gasteiger partial charge in [0.05, 0.1) is 0 Å². The fourth-order valence-corrected chi connectivity index (χ4v) is 4.15. The van der Waals surface area contributed by atoms with Crippen LogP contribution in [0.5, 0.6) is 0 Å². The van der Waals surface area contributed by atoms with Crippen LogP contribution in [0.25, 0.3) is 11.1 Å². The van der Waals surface area contributed by atoms with Gasteiger partial charge in [-0.05, 0) is 66.3 Å². The molecule has 0 heterocycles. The lowest BCUT2D eigenvalue weighted by Crippen LogP contribution is -2.05. The van der Waals surface area contributed by atoms with Gasteiger partial charge in [0.1, 0.15) is 0 Å². The minimum absolute atomic E-state index is 0.558. The molecule has 0 aromatic heterocycles. The SMILES string of the molecule is C=CC1C=CC(c2ccc(CCc3ccc(-c4ccc(C)cc4)cc3)cc2)CC1. The molecule has 0 amide bonds. The fourth-order valence-electron chi connectivity index (χ4n) is 4.15. The van der Waals surface area contributed by atoms with E-state index in [-0.39, 0.29) is 0 Å². The van der Waals surface area contributed by atoms with Crippen molar-refractivity contribution in [1.29, 1.82) is 0 Å². The van der Waals surface area contributed by atoms with Crippen LogP contribution in [0, 0.1) is 12.8 Å². The van der Waals surface area contributed by atoms with Crippen molar-refractivity contribution in [1.82, 2.24) is 0 Å². The van der Waals surface area contributed by atoms with Crippen molar-refractivity contribution < 1.29 is 0 Å². The molecule has 0 saturated heterocycles. The van der Waals surface area contributed by atoms with Crippen molar-refractivity contribution in [2.24, 2.45) is 5.92 Å². The molecule has 2 unspecified atom stereocenters. The number of hydrogen-bond acceptors (Lipinski definition) is 0. The second-order valence-electron chi connectivity index (χ2n) is 8.27. The van der Waals surface area contributed by atoms with E-state index >= 15 is 0 Å². The standard InChI is InChI=1S/C29H30/c1-3-23-8-16-27(17-9-23)29-20-12-25(13-21-29)7-6-24-10-18-28(19-11-24)26-14-4-22(2)5-15-26/h3-5,8,10-16,18-21,23,27H,1,6-7,9,17H2,2H3. The Hall–Kier alpha value is -2.86. The second kappa shape index (κ2) is 9.09. The van der Waals surface area contributed by atoms with Crippen molar-refractivity contribution in [3.05, 3.63) is 120 Å². The van der Waals surface area contributed by atoms with Crippen LogP contribution in [0.3, 0.4) is 0 Å². The molecule has 0 aliphatic heterocycles. The van der Waals surface area contributed by atoms with E-state index in [2.05, 4.69) is 105 Å². The third kappa shape index (κ3) is 4.95. The van der Waals surface area contributed by atoms with E-state index in [0.29, 0.717) is 11.8 Å². The van der Waals surface area contributed by atoms with Gasteiger partial charge in [0, 0.05) is 5.92 Å². The van der Waals surface area contributed by atoms with Crippen LogP contribution in [0.4, 0.5) is 0 Å². The zero-order chi connectivity index (χ0) is 20.1. The lowest BCUT2D eigenvalue weighted by Gasteiger charge is -2.21. The predicted molar refractivity (Wildman–Crippen MR) is 125 cm³/mol. The first-order chi connectivity index (χ1) is 14.2. The summed E-state index contributed by atoms with van der Waals surface area (Å²) in [4.78, 5) is 0. The second-order valence-corrected chi connectivity index (χ2v) is 8.27. The number of aryl methyl sites for hydroxylation is 3. The number of hydrogen-bond donors (Lipinski definition) is 0. The van der Waals surface area contributed by atoms with E-state index in [4.69, 9.17) is 0 Å². The minimum Gasteiger partial charge on any atom is -0.102 e. The summed E-state index contributed by atoms with van der Waals surface area (Å²) in [7, 11) is 0. The maximum absolute atomic E-state index is 3.91. The summed E-state index contributed by atoms with van der Waals surface area (Å²) in [6, 6.07) is 27.0. The molecule has 0 radical (unpaired) electrons. The van der Waals surface area contributed by atoms with Crippen LogP contribution >= 0.6 is 0 Å². The molecule has 0 N–H and O–H groups in total. The van der Waals surface area contributed by atoms with Gasteiger partial charge in [0.15, 0.2) is 0 Å². The van der Waals surface area contributed by atoms with Crippen molar-refractivity contribution in [3.63, 3.8) is 0 Å². The van der Waals surface area contributed by atoms with E-state index in [1.54, 1.807) is 0 Å². The summed E-state index contributed by atoms with van der Waals surface area (Å²) in [6.45, 7) is 6.04. The van der Waals surface area contributed by atoms with E-state index < -0.39 is 0 Å². The molecule has 146 valence electrons. The summed E-state index contributed by atoms with van der Waals surface area (Å²) in [6.07, 6.45) is 11.3. The lowest BCUT2D eigenvalue weighted by atomic mass is 9.84. The summed E-state index contributed by atoms with van der Waals surface area (Å²) in [5, 5.41) is 0. The zero-order valence-electron chi connectivity index (χ0n) is 17.4. The number of allylic oxidation sites excluding steroid dienone is 3. The smallest absolute Gasteiger partial charge is 0.00185 e. The van der Waals surface area contributed by atoms with Crippen LogP contribution in [-0.2, 0) is 12.8 Å². The highest BCUT2D eigenvalue weighted by Crippen LogP contribution is 2.31. The average molecular weight is 379 g/mol. The van der Waals surface area contributed by atoms with Gasteiger partial charge in [-0.15, -0.1) is 6.58 Å². The van der Waals surface area contributed by atoms with Crippen molar-refractivity contribution in [2.75, 3.05) is 0 Å². The Balaban J connectivity index is 1.34. The fraction of sp³-hybridized carbons (Fsp3) is 0.241. The minimum atomic E-state index is 0.558. The third-order valence-corrected chi connectivity index (χ3v) is 6.15.